The van der Waals surface area contributed by atoms with Crippen LogP contribution in [0.1, 0.15) is 19.8 Å². The van der Waals surface area contributed by atoms with E-state index in [9.17, 15) is 9.59 Å². The van der Waals surface area contributed by atoms with Crippen LogP contribution in [-0.2, 0) is 9.59 Å². The molecule has 0 aliphatic rings. The van der Waals surface area contributed by atoms with Crippen LogP contribution in [-0.4, -0.2) is 24.1 Å². The molecule has 1 aromatic carbocycles. The number of nitrogens with one attached hydrogen (secondary N) is 1. The van der Waals surface area contributed by atoms with Crippen LogP contribution in [0.3, 0.4) is 0 Å². The van der Waals surface area contributed by atoms with E-state index in [4.69, 9.17) is 9.84 Å². The Bertz CT molecular complexity index is 414. The maximum Gasteiger partial charge on any atom is 0.303 e. The first-order valence-electron chi connectivity index (χ1n) is 5.67. The molecule has 2 N–H and O–H groups in total. The highest BCUT2D eigenvalue weighted by Crippen LogP contribution is 2.16. The third-order valence-electron chi connectivity index (χ3n) is 2.43. The average molecular weight is 251 g/mol. The summed E-state index contributed by atoms with van der Waals surface area (Å²) in [7, 11) is 1.57. The molecular weight excluding hydrogens is 234 g/mol. The quantitative estimate of drug-likeness (QED) is 0.812. The van der Waals surface area contributed by atoms with Crippen LogP contribution in [0.25, 0.3) is 0 Å². The topological polar surface area (TPSA) is 75.6 Å². The fraction of sp³-hybridized carbons (Fsp3) is 0.385. The minimum Gasteiger partial charge on any atom is -0.497 e. The summed E-state index contributed by atoms with van der Waals surface area (Å²) >= 11 is 0. The number of rotatable bonds is 6. The van der Waals surface area contributed by atoms with Crippen molar-refractivity contribution in [1.82, 2.24) is 0 Å². The van der Waals surface area contributed by atoms with E-state index >= 15 is 0 Å². The summed E-state index contributed by atoms with van der Waals surface area (Å²) in [6, 6.07) is 6.96. The second kappa shape index (κ2) is 6.64. The molecule has 0 fully saturated rings. The Hall–Kier alpha value is -2.04. The van der Waals surface area contributed by atoms with Crippen molar-refractivity contribution in [3.63, 3.8) is 0 Å². The SMILES string of the molecule is COc1ccc(NC(=O)C[C@@H](C)CC(=O)O)cc1. The number of carbonyl (C=O) groups is 2. The molecule has 1 amide bonds. The number of hydrogen-bond donors (Lipinski definition) is 2. The molecule has 0 radical (unpaired) electrons. The van der Waals surface area contributed by atoms with E-state index in [-0.39, 0.29) is 24.7 Å². The Labute approximate surface area is 106 Å². The fourth-order valence-electron chi connectivity index (χ4n) is 1.57. The number of benzene rings is 1. The first-order valence-corrected chi connectivity index (χ1v) is 5.67. The zero-order valence-corrected chi connectivity index (χ0v) is 10.5. The summed E-state index contributed by atoms with van der Waals surface area (Å²) in [4.78, 5) is 22.1. The molecule has 0 aliphatic heterocycles. The number of carboxylic acids is 1. The van der Waals surface area contributed by atoms with Crippen LogP contribution in [0.5, 0.6) is 5.75 Å². The second-order valence-electron chi connectivity index (χ2n) is 4.18. The summed E-state index contributed by atoms with van der Waals surface area (Å²) in [5.74, 6) is -0.540. The van der Waals surface area contributed by atoms with Gasteiger partial charge in [0.25, 0.3) is 0 Å². The van der Waals surface area contributed by atoms with E-state index in [1.54, 1.807) is 38.3 Å². The lowest BCUT2D eigenvalue weighted by atomic mass is 10.0. The largest absolute Gasteiger partial charge is 0.497 e. The minimum absolute atomic E-state index is 0.00394. The van der Waals surface area contributed by atoms with Gasteiger partial charge in [-0.25, -0.2) is 0 Å². The number of methoxy groups -OCH3 is 1. The second-order valence-corrected chi connectivity index (χ2v) is 4.18. The normalized spacial score (nSPS) is 11.7. The Morgan fingerprint density at radius 1 is 1.28 bits per heavy atom. The van der Waals surface area contributed by atoms with Gasteiger partial charge >= 0.3 is 5.97 Å². The molecule has 1 aromatic rings. The molecule has 0 heterocycles. The summed E-state index contributed by atoms with van der Waals surface area (Å²) in [6.07, 6.45) is 0.189. The Morgan fingerprint density at radius 3 is 2.39 bits per heavy atom. The molecule has 0 unspecified atom stereocenters. The lowest BCUT2D eigenvalue weighted by molar-refractivity contribution is -0.138. The van der Waals surface area contributed by atoms with Crippen LogP contribution in [0, 0.1) is 5.92 Å². The summed E-state index contributed by atoms with van der Waals surface area (Å²) in [5.41, 5.74) is 0.670. The van der Waals surface area contributed by atoms with Gasteiger partial charge in [-0.2, -0.15) is 0 Å². The Morgan fingerprint density at radius 2 is 1.89 bits per heavy atom. The number of hydrogen-bond acceptors (Lipinski definition) is 3. The molecular formula is C13H17NO4. The predicted molar refractivity (Wildman–Crippen MR) is 67.7 cm³/mol. The number of anilines is 1. The van der Waals surface area contributed by atoms with E-state index in [0.29, 0.717) is 11.4 Å². The molecule has 0 aromatic heterocycles. The molecule has 18 heavy (non-hydrogen) atoms. The molecule has 0 bridgehead atoms. The van der Waals surface area contributed by atoms with Gasteiger partial charge in [0.1, 0.15) is 5.75 Å². The van der Waals surface area contributed by atoms with E-state index in [1.807, 2.05) is 0 Å². The number of carbonyl (C=O) groups excluding carboxylic acids is 1. The van der Waals surface area contributed by atoms with Crippen molar-refractivity contribution < 1.29 is 19.4 Å². The Balaban J connectivity index is 2.46. The third kappa shape index (κ3) is 4.86. The van der Waals surface area contributed by atoms with Gasteiger partial charge in [0.15, 0.2) is 0 Å². The number of aliphatic carboxylic acids is 1. The van der Waals surface area contributed by atoms with Crippen LogP contribution >= 0.6 is 0 Å². The van der Waals surface area contributed by atoms with Crippen molar-refractivity contribution >= 4 is 17.6 Å². The smallest absolute Gasteiger partial charge is 0.303 e. The average Bonchev–Trinajstić information content (AvgIpc) is 2.28. The first kappa shape index (κ1) is 14.0. The number of carboxylic acid groups (broad SMARTS) is 1. The van der Waals surface area contributed by atoms with Crippen molar-refractivity contribution in [1.29, 1.82) is 0 Å². The van der Waals surface area contributed by atoms with Gasteiger partial charge < -0.3 is 15.2 Å². The van der Waals surface area contributed by atoms with Crippen molar-refractivity contribution in [2.75, 3.05) is 12.4 Å². The first-order chi connectivity index (χ1) is 8.51. The molecule has 0 aliphatic carbocycles. The highest BCUT2D eigenvalue weighted by molar-refractivity contribution is 5.91. The molecule has 98 valence electrons. The predicted octanol–water partition coefficient (Wildman–Crippen LogP) is 2.13. The molecule has 5 heteroatoms. The molecule has 0 spiro atoms. The maximum atomic E-state index is 11.6. The van der Waals surface area contributed by atoms with E-state index in [0.717, 1.165) is 0 Å². The molecule has 0 saturated carbocycles. The molecule has 0 saturated heterocycles. The molecule has 1 rings (SSSR count). The van der Waals surface area contributed by atoms with Gasteiger partial charge in [-0.1, -0.05) is 6.92 Å². The maximum absolute atomic E-state index is 11.6. The zero-order valence-electron chi connectivity index (χ0n) is 10.5. The summed E-state index contributed by atoms with van der Waals surface area (Å²) in [5, 5.41) is 11.3. The van der Waals surface area contributed by atoms with Gasteiger partial charge in [0.2, 0.25) is 5.91 Å². The zero-order chi connectivity index (χ0) is 13.5. The van der Waals surface area contributed by atoms with Crippen molar-refractivity contribution in [3.8, 4) is 5.75 Å². The lowest BCUT2D eigenvalue weighted by Gasteiger charge is -2.09. The van der Waals surface area contributed by atoms with Gasteiger partial charge in [0, 0.05) is 18.5 Å². The van der Waals surface area contributed by atoms with Gasteiger partial charge in [0.05, 0.1) is 7.11 Å². The molecule has 1 atom stereocenters. The monoisotopic (exact) mass is 251 g/mol. The highest BCUT2D eigenvalue weighted by Gasteiger charge is 2.12. The Kier molecular flexibility index (Phi) is 5.17. The lowest BCUT2D eigenvalue weighted by Crippen LogP contribution is -2.16. The van der Waals surface area contributed by atoms with Gasteiger partial charge in [-0.3, -0.25) is 9.59 Å². The van der Waals surface area contributed by atoms with Crippen molar-refractivity contribution in [2.45, 2.75) is 19.8 Å². The highest BCUT2D eigenvalue weighted by atomic mass is 16.5. The van der Waals surface area contributed by atoms with Crippen LogP contribution in [0.15, 0.2) is 24.3 Å². The van der Waals surface area contributed by atoms with Gasteiger partial charge in [-0.05, 0) is 30.2 Å². The fourth-order valence-corrected chi connectivity index (χ4v) is 1.57. The third-order valence-corrected chi connectivity index (χ3v) is 2.43. The summed E-state index contributed by atoms with van der Waals surface area (Å²) in [6.45, 7) is 1.74. The minimum atomic E-state index is -0.889. The molecule has 5 nitrogen and oxygen atoms in total. The van der Waals surface area contributed by atoms with E-state index < -0.39 is 5.97 Å². The summed E-state index contributed by atoms with van der Waals surface area (Å²) < 4.78 is 5.00. The van der Waals surface area contributed by atoms with Crippen molar-refractivity contribution in [3.05, 3.63) is 24.3 Å². The van der Waals surface area contributed by atoms with E-state index in [2.05, 4.69) is 5.32 Å². The van der Waals surface area contributed by atoms with E-state index in [1.165, 1.54) is 0 Å². The number of amides is 1. The number of ether oxygens (including phenoxy) is 1. The van der Waals surface area contributed by atoms with Gasteiger partial charge in [-0.15, -0.1) is 0 Å². The van der Waals surface area contributed by atoms with Crippen molar-refractivity contribution in [2.24, 2.45) is 5.92 Å². The van der Waals surface area contributed by atoms with Crippen LogP contribution in [0.4, 0.5) is 5.69 Å². The van der Waals surface area contributed by atoms with Crippen LogP contribution in [0.2, 0.25) is 0 Å². The standard InChI is InChI=1S/C13H17NO4/c1-9(8-13(16)17)7-12(15)14-10-3-5-11(18-2)6-4-10/h3-6,9H,7-8H2,1-2H3,(H,14,15)(H,16,17)/t9-/m1/s1. The van der Waals surface area contributed by atoms with Crippen LogP contribution < -0.4 is 10.1 Å².